The van der Waals surface area contributed by atoms with Gasteiger partial charge in [-0.2, -0.15) is 0 Å². The van der Waals surface area contributed by atoms with Crippen molar-refractivity contribution < 1.29 is 14.7 Å². The molecule has 0 aliphatic rings. The van der Waals surface area contributed by atoms with Crippen LogP contribution in [0.5, 0.6) is 0 Å². The maximum Gasteiger partial charge on any atom is 0.305 e. The van der Waals surface area contributed by atoms with Crippen LogP contribution >= 0.6 is 11.3 Å². The van der Waals surface area contributed by atoms with Gasteiger partial charge in [0.2, 0.25) is 6.41 Å². The first kappa shape index (κ1) is 9.73. The molecule has 0 saturated heterocycles. The molecular formula is C8H9NO3S. The summed E-state index contributed by atoms with van der Waals surface area (Å²) in [5.41, 5.74) is 0. The van der Waals surface area contributed by atoms with Crippen LogP contribution in [0.2, 0.25) is 0 Å². The lowest BCUT2D eigenvalue weighted by molar-refractivity contribution is -0.137. The first-order valence-electron chi connectivity index (χ1n) is 3.69. The smallest absolute Gasteiger partial charge is 0.305 e. The van der Waals surface area contributed by atoms with Crippen LogP contribution in [0.15, 0.2) is 17.5 Å². The van der Waals surface area contributed by atoms with Crippen molar-refractivity contribution in [2.45, 2.75) is 12.5 Å². The number of nitrogens with one attached hydrogen (secondary N) is 1. The van der Waals surface area contributed by atoms with Crippen LogP contribution in [0.4, 0.5) is 0 Å². The predicted molar refractivity (Wildman–Crippen MR) is 48.5 cm³/mol. The van der Waals surface area contributed by atoms with E-state index in [9.17, 15) is 9.59 Å². The molecule has 1 amide bonds. The molecule has 1 aromatic heterocycles. The minimum atomic E-state index is -0.923. The molecule has 0 aliphatic heterocycles. The molecule has 13 heavy (non-hydrogen) atoms. The summed E-state index contributed by atoms with van der Waals surface area (Å²) in [6.45, 7) is 0. The fourth-order valence-corrected chi connectivity index (χ4v) is 1.77. The van der Waals surface area contributed by atoms with E-state index >= 15 is 0 Å². The third-order valence-corrected chi connectivity index (χ3v) is 2.52. The zero-order chi connectivity index (χ0) is 9.68. The van der Waals surface area contributed by atoms with Gasteiger partial charge in [0.05, 0.1) is 12.5 Å². The molecule has 0 bridgehead atoms. The predicted octanol–water partition coefficient (Wildman–Crippen LogP) is 1.01. The van der Waals surface area contributed by atoms with Crippen molar-refractivity contribution >= 4 is 23.7 Å². The van der Waals surface area contributed by atoms with Gasteiger partial charge in [-0.05, 0) is 11.4 Å². The van der Waals surface area contributed by atoms with Gasteiger partial charge >= 0.3 is 5.97 Å². The highest BCUT2D eigenvalue weighted by Crippen LogP contribution is 2.21. The Morgan fingerprint density at radius 2 is 2.54 bits per heavy atom. The molecule has 0 saturated carbocycles. The Balaban J connectivity index is 2.67. The van der Waals surface area contributed by atoms with Gasteiger partial charge < -0.3 is 10.4 Å². The number of thiophene rings is 1. The van der Waals surface area contributed by atoms with Crippen LogP contribution in [-0.4, -0.2) is 17.5 Å². The molecule has 2 N–H and O–H groups in total. The second-order valence-corrected chi connectivity index (χ2v) is 3.43. The van der Waals surface area contributed by atoms with E-state index in [1.807, 2.05) is 11.4 Å². The summed E-state index contributed by atoms with van der Waals surface area (Å²) in [7, 11) is 0. The number of amides is 1. The number of aliphatic carboxylic acids is 1. The van der Waals surface area contributed by atoms with Crippen molar-refractivity contribution in [3.05, 3.63) is 22.4 Å². The second kappa shape index (κ2) is 4.61. The fraction of sp³-hybridized carbons (Fsp3) is 0.250. The summed E-state index contributed by atoms with van der Waals surface area (Å²) in [5.74, 6) is -0.923. The lowest BCUT2D eigenvalue weighted by Crippen LogP contribution is -2.21. The van der Waals surface area contributed by atoms with Crippen LogP contribution in [0.25, 0.3) is 0 Å². The van der Waals surface area contributed by atoms with Gasteiger partial charge in [0.1, 0.15) is 0 Å². The van der Waals surface area contributed by atoms with E-state index in [-0.39, 0.29) is 6.42 Å². The minimum Gasteiger partial charge on any atom is -0.481 e. The highest BCUT2D eigenvalue weighted by Gasteiger charge is 2.14. The van der Waals surface area contributed by atoms with Crippen LogP contribution in [0.1, 0.15) is 17.3 Å². The Bertz CT molecular complexity index is 284. The number of hydrogen-bond donors (Lipinski definition) is 2. The van der Waals surface area contributed by atoms with E-state index in [0.717, 1.165) is 4.88 Å². The van der Waals surface area contributed by atoms with Gasteiger partial charge in [-0.25, -0.2) is 0 Å². The molecule has 0 spiro atoms. The number of carboxylic acids is 1. The van der Waals surface area contributed by atoms with E-state index in [4.69, 9.17) is 5.11 Å². The molecule has 0 radical (unpaired) electrons. The molecule has 70 valence electrons. The Morgan fingerprint density at radius 3 is 3.00 bits per heavy atom. The molecular weight excluding hydrogens is 190 g/mol. The van der Waals surface area contributed by atoms with Crippen molar-refractivity contribution in [2.24, 2.45) is 0 Å². The molecule has 0 aromatic carbocycles. The molecule has 4 nitrogen and oxygen atoms in total. The van der Waals surface area contributed by atoms with Gasteiger partial charge in [-0.3, -0.25) is 9.59 Å². The van der Waals surface area contributed by atoms with Gasteiger partial charge in [-0.15, -0.1) is 11.3 Å². The zero-order valence-electron chi connectivity index (χ0n) is 6.77. The van der Waals surface area contributed by atoms with E-state index in [0.29, 0.717) is 6.41 Å². The maximum absolute atomic E-state index is 10.4. The molecule has 0 fully saturated rings. The Labute approximate surface area is 79.2 Å². The van der Waals surface area contributed by atoms with Crippen molar-refractivity contribution in [3.8, 4) is 0 Å². The van der Waals surface area contributed by atoms with Gasteiger partial charge in [0.15, 0.2) is 0 Å². The van der Waals surface area contributed by atoms with E-state index < -0.39 is 12.0 Å². The van der Waals surface area contributed by atoms with Gasteiger partial charge in [-0.1, -0.05) is 6.07 Å². The average Bonchev–Trinajstić information content (AvgIpc) is 2.54. The zero-order valence-corrected chi connectivity index (χ0v) is 7.58. The SMILES string of the molecule is O=CN[C@@H](CC(=O)O)c1cccs1. The van der Waals surface area contributed by atoms with Crippen LogP contribution in [-0.2, 0) is 9.59 Å². The number of carbonyl (C=O) groups excluding carboxylic acids is 1. The van der Waals surface area contributed by atoms with E-state index in [1.165, 1.54) is 11.3 Å². The molecule has 0 unspecified atom stereocenters. The van der Waals surface area contributed by atoms with E-state index in [2.05, 4.69) is 5.32 Å². The fourth-order valence-electron chi connectivity index (χ4n) is 0.988. The van der Waals surface area contributed by atoms with Crippen LogP contribution < -0.4 is 5.32 Å². The molecule has 5 heteroatoms. The summed E-state index contributed by atoms with van der Waals surface area (Å²) in [6.07, 6.45) is 0.437. The largest absolute Gasteiger partial charge is 0.481 e. The summed E-state index contributed by atoms with van der Waals surface area (Å²) >= 11 is 1.43. The van der Waals surface area contributed by atoms with Crippen molar-refractivity contribution in [2.75, 3.05) is 0 Å². The second-order valence-electron chi connectivity index (χ2n) is 2.45. The highest BCUT2D eigenvalue weighted by atomic mass is 32.1. The standard InChI is InChI=1S/C8H9NO3S/c10-5-9-6(4-8(11)12)7-2-1-3-13-7/h1-3,5-6H,4H2,(H,9,10)(H,11,12)/t6-/m0/s1. The number of hydrogen-bond acceptors (Lipinski definition) is 3. The first-order valence-corrected chi connectivity index (χ1v) is 4.57. The Hall–Kier alpha value is -1.36. The monoisotopic (exact) mass is 199 g/mol. The summed E-state index contributed by atoms with van der Waals surface area (Å²) in [6, 6.07) is 3.21. The molecule has 0 aliphatic carbocycles. The third kappa shape index (κ3) is 2.87. The van der Waals surface area contributed by atoms with E-state index in [1.54, 1.807) is 6.07 Å². The van der Waals surface area contributed by atoms with Crippen LogP contribution in [0.3, 0.4) is 0 Å². The lowest BCUT2D eigenvalue weighted by Gasteiger charge is -2.10. The molecule has 1 aromatic rings. The Kier molecular flexibility index (Phi) is 3.45. The topological polar surface area (TPSA) is 66.4 Å². The molecule has 1 rings (SSSR count). The third-order valence-electron chi connectivity index (χ3n) is 1.53. The number of carboxylic acid groups (broad SMARTS) is 1. The Morgan fingerprint density at radius 1 is 1.77 bits per heavy atom. The highest BCUT2D eigenvalue weighted by molar-refractivity contribution is 7.10. The lowest BCUT2D eigenvalue weighted by atomic mass is 10.2. The average molecular weight is 199 g/mol. The summed E-state index contributed by atoms with van der Waals surface area (Å²) in [5, 5.41) is 12.9. The number of carbonyl (C=O) groups is 2. The molecule has 1 atom stereocenters. The van der Waals surface area contributed by atoms with Crippen molar-refractivity contribution in [1.82, 2.24) is 5.32 Å². The van der Waals surface area contributed by atoms with Crippen LogP contribution in [0, 0.1) is 0 Å². The summed E-state index contributed by atoms with van der Waals surface area (Å²) in [4.78, 5) is 21.5. The minimum absolute atomic E-state index is 0.0841. The number of rotatable bonds is 5. The summed E-state index contributed by atoms with van der Waals surface area (Å²) < 4.78 is 0. The van der Waals surface area contributed by atoms with Gasteiger partial charge in [0.25, 0.3) is 0 Å². The van der Waals surface area contributed by atoms with Crippen molar-refractivity contribution in [3.63, 3.8) is 0 Å². The van der Waals surface area contributed by atoms with Gasteiger partial charge in [0, 0.05) is 4.88 Å². The van der Waals surface area contributed by atoms with Crippen molar-refractivity contribution in [1.29, 1.82) is 0 Å². The maximum atomic E-state index is 10.4. The quantitative estimate of drug-likeness (QED) is 0.695. The first-order chi connectivity index (χ1) is 6.24. The normalized spacial score (nSPS) is 12.0. The molecule has 1 heterocycles.